The van der Waals surface area contributed by atoms with E-state index in [0.29, 0.717) is 5.92 Å². The van der Waals surface area contributed by atoms with E-state index in [1.165, 1.54) is 18.6 Å². The zero-order valence-corrected chi connectivity index (χ0v) is 14.3. The van der Waals surface area contributed by atoms with Crippen LogP contribution in [0.3, 0.4) is 0 Å². The molecule has 0 spiro atoms. The van der Waals surface area contributed by atoms with Crippen molar-refractivity contribution in [3.05, 3.63) is 33.8 Å². The second-order valence-corrected chi connectivity index (χ2v) is 8.09. The van der Waals surface area contributed by atoms with Gasteiger partial charge in [0.15, 0.2) is 0 Å². The third-order valence-electron chi connectivity index (χ3n) is 6.28. The zero-order valence-electron chi connectivity index (χ0n) is 12.7. The zero-order chi connectivity index (χ0) is 15.4. The van der Waals surface area contributed by atoms with Gasteiger partial charge in [-0.05, 0) is 64.1 Å². The van der Waals surface area contributed by atoms with Crippen molar-refractivity contribution in [1.29, 1.82) is 0 Å². The van der Waals surface area contributed by atoms with E-state index in [4.69, 9.17) is 4.74 Å². The van der Waals surface area contributed by atoms with Crippen molar-refractivity contribution in [3.8, 4) is 0 Å². The Labute approximate surface area is 133 Å². The summed E-state index contributed by atoms with van der Waals surface area (Å²) < 4.78 is 34.1. The Morgan fingerprint density at radius 2 is 2.00 bits per heavy atom. The van der Waals surface area contributed by atoms with Crippen molar-refractivity contribution in [2.45, 2.75) is 52.7 Å². The summed E-state index contributed by atoms with van der Waals surface area (Å²) in [4.78, 5) is 0. The van der Waals surface area contributed by atoms with E-state index in [9.17, 15) is 8.78 Å². The van der Waals surface area contributed by atoms with Gasteiger partial charge in [0.05, 0.1) is 22.7 Å². The van der Waals surface area contributed by atoms with Crippen molar-refractivity contribution in [1.82, 2.24) is 0 Å². The van der Waals surface area contributed by atoms with E-state index in [-0.39, 0.29) is 33.6 Å². The van der Waals surface area contributed by atoms with Crippen LogP contribution in [0.2, 0.25) is 0 Å². The Balaban J connectivity index is 1.77. The number of hydrogen-bond acceptors (Lipinski definition) is 1. The van der Waals surface area contributed by atoms with Crippen LogP contribution in [0.1, 0.15) is 45.6 Å². The molecule has 0 amide bonds. The molecule has 0 N–H and O–H groups in total. The third kappa shape index (κ3) is 2.17. The monoisotopic (exact) mass is 358 g/mol. The second-order valence-electron chi connectivity index (χ2n) is 7.23. The standard InChI is InChI=1S/C17H21BrF2O/c1-16(2)10-6-7-17(16,3)14(8-10)21-9-11-13(19)5-4-12(18)15(11)20/h4-5,10,14H,6-9H2,1-3H3. The lowest BCUT2D eigenvalue weighted by atomic mass is 9.70. The highest BCUT2D eigenvalue weighted by Gasteiger charge is 2.61. The van der Waals surface area contributed by atoms with Gasteiger partial charge >= 0.3 is 0 Å². The molecule has 2 aliphatic rings. The van der Waals surface area contributed by atoms with Crippen LogP contribution >= 0.6 is 15.9 Å². The Bertz CT molecular complexity index is 572. The van der Waals surface area contributed by atoms with Crippen LogP contribution in [-0.4, -0.2) is 6.10 Å². The molecule has 1 aromatic rings. The maximum absolute atomic E-state index is 14.0. The highest BCUT2D eigenvalue weighted by Crippen LogP contribution is 2.66. The predicted octanol–water partition coefficient (Wildman–Crippen LogP) is 5.46. The number of ether oxygens (including phenoxy) is 1. The van der Waals surface area contributed by atoms with Crippen LogP contribution in [-0.2, 0) is 11.3 Å². The van der Waals surface area contributed by atoms with Crippen molar-refractivity contribution in [2.75, 3.05) is 0 Å². The minimum atomic E-state index is -0.553. The molecular formula is C17H21BrF2O. The Morgan fingerprint density at radius 3 is 2.57 bits per heavy atom. The quantitative estimate of drug-likeness (QED) is 0.652. The fourth-order valence-corrected chi connectivity index (χ4v) is 4.64. The minimum Gasteiger partial charge on any atom is -0.373 e. The molecule has 116 valence electrons. The van der Waals surface area contributed by atoms with Crippen LogP contribution in [0, 0.1) is 28.4 Å². The summed E-state index contributed by atoms with van der Waals surface area (Å²) in [6.07, 6.45) is 3.46. The van der Waals surface area contributed by atoms with Crippen molar-refractivity contribution in [3.63, 3.8) is 0 Å². The van der Waals surface area contributed by atoms with Gasteiger partial charge in [-0.1, -0.05) is 20.8 Å². The smallest absolute Gasteiger partial charge is 0.145 e. The minimum absolute atomic E-state index is 0.000162. The lowest BCUT2D eigenvalue weighted by Crippen LogP contribution is -2.37. The molecule has 2 fully saturated rings. The Kier molecular flexibility index (Phi) is 3.69. The van der Waals surface area contributed by atoms with E-state index in [2.05, 4.69) is 36.7 Å². The summed E-state index contributed by atoms with van der Waals surface area (Å²) in [5.41, 5.74) is 0.372. The van der Waals surface area contributed by atoms with Gasteiger partial charge in [0, 0.05) is 0 Å². The van der Waals surface area contributed by atoms with Gasteiger partial charge in [0.25, 0.3) is 0 Å². The molecule has 3 atom stereocenters. The van der Waals surface area contributed by atoms with Gasteiger partial charge in [0.1, 0.15) is 11.6 Å². The molecule has 4 heteroatoms. The van der Waals surface area contributed by atoms with E-state index in [1.54, 1.807) is 0 Å². The first kappa shape index (κ1) is 15.4. The molecular weight excluding hydrogens is 338 g/mol. The number of fused-ring (bicyclic) bond motifs is 2. The highest BCUT2D eigenvalue weighted by atomic mass is 79.9. The molecule has 3 unspecified atom stereocenters. The Hall–Kier alpha value is -0.480. The average molecular weight is 359 g/mol. The number of hydrogen-bond donors (Lipinski definition) is 0. The van der Waals surface area contributed by atoms with Gasteiger partial charge in [-0.25, -0.2) is 8.78 Å². The van der Waals surface area contributed by atoms with Gasteiger partial charge < -0.3 is 4.74 Å². The van der Waals surface area contributed by atoms with Crippen molar-refractivity contribution < 1.29 is 13.5 Å². The fraction of sp³-hybridized carbons (Fsp3) is 0.647. The number of benzene rings is 1. The van der Waals surface area contributed by atoms with E-state index in [0.717, 1.165) is 12.8 Å². The van der Waals surface area contributed by atoms with E-state index in [1.807, 2.05) is 0 Å². The largest absolute Gasteiger partial charge is 0.373 e. The maximum atomic E-state index is 14.0. The molecule has 2 aliphatic carbocycles. The van der Waals surface area contributed by atoms with E-state index >= 15 is 0 Å². The number of rotatable bonds is 3. The molecule has 0 radical (unpaired) electrons. The first-order chi connectivity index (χ1) is 9.77. The molecule has 0 saturated heterocycles. The predicted molar refractivity (Wildman–Crippen MR) is 81.9 cm³/mol. The van der Waals surface area contributed by atoms with Gasteiger partial charge in [-0.15, -0.1) is 0 Å². The van der Waals surface area contributed by atoms with Crippen molar-refractivity contribution in [2.24, 2.45) is 16.7 Å². The summed E-state index contributed by atoms with van der Waals surface area (Å²) in [5.74, 6) is -0.435. The maximum Gasteiger partial charge on any atom is 0.145 e. The van der Waals surface area contributed by atoms with Gasteiger partial charge in [0.2, 0.25) is 0 Å². The van der Waals surface area contributed by atoms with Crippen LogP contribution in [0.4, 0.5) is 8.78 Å². The summed E-state index contributed by atoms with van der Waals surface area (Å²) in [7, 11) is 0. The van der Waals surface area contributed by atoms with Crippen LogP contribution in [0.15, 0.2) is 16.6 Å². The average Bonchev–Trinajstić information content (AvgIpc) is 2.76. The first-order valence-electron chi connectivity index (χ1n) is 7.51. The molecule has 1 nitrogen and oxygen atoms in total. The first-order valence-corrected chi connectivity index (χ1v) is 8.30. The fourth-order valence-electron chi connectivity index (χ4n) is 4.27. The third-order valence-corrected chi connectivity index (χ3v) is 6.89. The van der Waals surface area contributed by atoms with Gasteiger partial charge in [-0.2, -0.15) is 0 Å². The summed E-state index contributed by atoms with van der Waals surface area (Å²) >= 11 is 3.10. The molecule has 21 heavy (non-hydrogen) atoms. The highest BCUT2D eigenvalue weighted by molar-refractivity contribution is 9.10. The summed E-state index contributed by atoms with van der Waals surface area (Å²) in [6.45, 7) is 6.86. The summed E-state index contributed by atoms with van der Waals surface area (Å²) in [5, 5.41) is 0. The second kappa shape index (κ2) is 5.02. The normalized spacial score (nSPS) is 33.6. The van der Waals surface area contributed by atoms with Crippen molar-refractivity contribution >= 4 is 15.9 Å². The molecule has 0 heterocycles. The molecule has 1 aromatic carbocycles. The van der Waals surface area contributed by atoms with Crippen LogP contribution in [0.5, 0.6) is 0 Å². The van der Waals surface area contributed by atoms with Gasteiger partial charge in [-0.3, -0.25) is 0 Å². The number of halogens is 3. The van der Waals surface area contributed by atoms with Crippen LogP contribution in [0.25, 0.3) is 0 Å². The molecule has 0 aliphatic heterocycles. The van der Waals surface area contributed by atoms with E-state index < -0.39 is 11.6 Å². The lowest BCUT2D eigenvalue weighted by molar-refractivity contribution is -0.0565. The van der Waals surface area contributed by atoms with Crippen LogP contribution < -0.4 is 0 Å². The summed E-state index contributed by atoms with van der Waals surface area (Å²) in [6, 6.07) is 2.66. The molecule has 2 bridgehead atoms. The molecule has 2 saturated carbocycles. The SMILES string of the molecule is CC1(C)C2CCC1(C)C(OCc1c(F)ccc(Br)c1F)C2. The molecule has 3 rings (SSSR count). The Morgan fingerprint density at radius 1 is 1.29 bits per heavy atom. The lowest BCUT2D eigenvalue weighted by Gasteiger charge is -2.39. The topological polar surface area (TPSA) is 9.23 Å². The molecule has 0 aromatic heterocycles.